The van der Waals surface area contributed by atoms with E-state index >= 15 is 0 Å². The van der Waals surface area contributed by atoms with Gasteiger partial charge in [0.15, 0.2) is 0 Å². The van der Waals surface area contributed by atoms with Crippen LogP contribution in [0.25, 0.3) is 5.78 Å². The maximum atomic E-state index is 10.7. The fourth-order valence-electron chi connectivity index (χ4n) is 3.51. The van der Waals surface area contributed by atoms with Crippen LogP contribution < -0.4 is 5.32 Å². The summed E-state index contributed by atoms with van der Waals surface area (Å²) >= 11 is 0. The summed E-state index contributed by atoms with van der Waals surface area (Å²) in [6.07, 6.45) is 8.46. The van der Waals surface area contributed by atoms with Gasteiger partial charge in [0.1, 0.15) is 0 Å². The number of fused-ring (bicyclic) bond motifs is 1. The molecule has 2 aromatic rings. The minimum atomic E-state index is -0.541. The second kappa shape index (κ2) is 6.34. The molecule has 120 valence electrons. The molecule has 0 amide bonds. The summed E-state index contributed by atoms with van der Waals surface area (Å²) in [6, 6.07) is 2.07. The number of aryl methyl sites for hydroxylation is 2. The first kappa shape index (κ1) is 15.4. The predicted molar refractivity (Wildman–Crippen MR) is 86.8 cm³/mol. The fourth-order valence-corrected chi connectivity index (χ4v) is 3.51. The summed E-state index contributed by atoms with van der Waals surface area (Å²) < 4.78 is 2.08. The van der Waals surface area contributed by atoms with Gasteiger partial charge in [0, 0.05) is 24.5 Å². The van der Waals surface area contributed by atoms with Crippen LogP contribution in [0.3, 0.4) is 0 Å². The van der Waals surface area contributed by atoms with Crippen molar-refractivity contribution in [2.45, 2.75) is 64.5 Å². The van der Waals surface area contributed by atoms with Gasteiger partial charge in [-0.1, -0.05) is 25.7 Å². The number of nitrogens with zero attached hydrogens (tertiary/aromatic N) is 3. The highest BCUT2D eigenvalue weighted by Crippen LogP contribution is 2.26. The van der Waals surface area contributed by atoms with Gasteiger partial charge < -0.3 is 10.4 Å². The predicted octanol–water partition coefficient (Wildman–Crippen LogP) is 2.52. The molecular weight excluding hydrogens is 276 g/mol. The Hall–Kier alpha value is -1.46. The van der Waals surface area contributed by atoms with Crippen molar-refractivity contribution in [3.8, 4) is 0 Å². The van der Waals surface area contributed by atoms with Crippen molar-refractivity contribution >= 4 is 5.78 Å². The van der Waals surface area contributed by atoms with Gasteiger partial charge in [-0.05, 0) is 32.8 Å². The zero-order valence-electron chi connectivity index (χ0n) is 13.6. The maximum Gasteiger partial charge on any atom is 0.234 e. The minimum Gasteiger partial charge on any atom is -0.389 e. The number of nitrogens with one attached hydrogen (secondary N) is 1. The third kappa shape index (κ3) is 3.31. The summed E-state index contributed by atoms with van der Waals surface area (Å²) in [5.74, 6) is 0.752. The summed E-state index contributed by atoms with van der Waals surface area (Å²) in [7, 11) is 0. The monoisotopic (exact) mass is 302 g/mol. The SMILES string of the molecule is Cc1cc(C)n2c(CNCC3(O)CCCCCC3)cnc2n1. The number of aromatic nitrogens is 3. The largest absolute Gasteiger partial charge is 0.389 e. The van der Waals surface area contributed by atoms with Crippen LogP contribution in [-0.2, 0) is 6.54 Å². The van der Waals surface area contributed by atoms with Crippen LogP contribution in [0.1, 0.15) is 55.6 Å². The second-order valence-corrected chi connectivity index (χ2v) is 6.67. The molecule has 0 aliphatic heterocycles. The lowest BCUT2D eigenvalue weighted by atomic mass is 9.94. The quantitative estimate of drug-likeness (QED) is 0.852. The van der Waals surface area contributed by atoms with Gasteiger partial charge in [-0.25, -0.2) is 9.97 Å². The van der Waals surface area contributed by atoms with Gasteiger partial charge in [-0.15, -0.1) is 0 Å². The van der Waals surface area contributed by atoms with Gasteiger partial charge in [-0.3, -0.25) is 4.40 Å². The highest BCUT2D eigenvalue weighted by Gasteiger charge is 2.27. The summed E-state index contributed by atoms with van der Waals surface area (Å²) in [6.45, 7) is 5.42. The van der Waals surface area contributed by atoms with E-state index in [1.54, 1.807) is 0 Å². The third-order valence-electron chi connectivity index (χ3n) is 4.66. The number of rotatable bonds is 4. The standard InChI is InChI=1S/C17H26N4O/c1-13-9-14(2)21-15(11-19-16(21)20-13)10-18-12-17(22)7-5-3-4-6-8-17/h9,11,18,22H,3-8,10,12H2,1-2H3. The van der Waals surface area contributed by atoms with Crippen molar-refractivity contribution in [3.63, 3.8) is 0 Å². The topological polar surface area (TPSA) is 62.5 Å². The smallest absolute Gasteiger partial charge is 0.234 e. The van der Waals surface area contributed by atoms with E-state index in [0.717, 1.165) is 48.5 Å². The highest BCUT2D eigenvalue weighted by atomic mass is 16.3. The molecule has 22 heavy (non-hydrogen) atoms. The normalized spacial score (nSPS) is 18.5. The maximum absolute atomic E-state index is 10.7. The Balaban J connectivity index is 1.67. The lowest BCUT2D eigenvalue weighted by Gasteiger charge is -2.26. The summed E-state index contributed by atoms with van der Waals surface area (Å²) in [4.78, 5) is 8.84. The van der Waals surface area contributed by atoms with E-state index in [9.17, 15) is 5.11 Å². The molecule has 0 radical (unpaired) electrons. The Labute approximate surface area is 131 Å². The molecule has 0 unspecified atom stereocenters. The van der Waals surface area contributed by atoms with Crippen molar-refractivity contribution in [2.24, 2.45) is 0 Å². The first-order valence-corrected chi connectivity index (χ1v) is 8.31. The Morgan fingerprint density at radius 1 is 1.23 bits per heavy atom. The number of imidazole rings is 1. The molecule has 1 fully saturated rings. The number of hydrogen-bond acceptors (Lipinski definition) is 4. The second-order valence-electron chi connectivity index (χ2n) is 6.67. The van der Waals surface area contributed by atoms with Crippen molar-refractivity contribution in [1.82, 2.24) is 19.7 Å². The zero-order valence-corrected chi connectivity index (χ0v) is 13.6. The molecule has 2 heterocycles. The Morgan fingerprint density at radius 2 is 1.95 bits per heavy atom. The molecule has 3 rings (SSSR count). The van der Waals surface area contributed by atoms with E-state index in [1.165, 1.54) is 12.8 Å². The van der Waals surface area contributed by atoms with Crippen LogP contribution in [-0.4, -0.2) is 31.6 Å². The van der Waals surface area contributed by atoms with Crippen molar-refractivity contribution in [1.29, 1.82) is 0 Å². The van der Waals surface area contributed by atoms with Gasteiger partial charge in [0.25, 0.3) is 0 Å². The number of hydrogen-bond donors (Lipinski definition) is 2. The third-order valence-corrected chi connectivity index (χ3v) is 4.66. The summed E-state index contributed by atoms with van der Waals surface area (Å²) in [5.41, 5.74) is 2.69. The van der Waals surface area contributed by atoms with Crippen LogP contribution in [0.5, 0.6) is 0 Å². The lowest BCUT2D eigenvalue weighted by molar-refractivity contribution is 0.0249. The molecule has 0 spiro atoms. The lowest BCUT2D eigenvalue weighted by Crippen LogP contribution is -2.40. The number of aliphatic hydroxyl groups is 1. The molecule has 0 bridgehead atoms. The van der Waals surface area contributed by atoms with Crippen molar-refractivity contribution < 1.29 is 5.11 Å². The Morgan fingerprint density at radius 3 is 2.68 bits per heavy atom. The van der Waals surface area contributed by atoms with Crippen molar-refractivity contribution in [3.05, 3.63) is 29.3 Å². The molecule has 2 N–H and O–H groups in total. The average Bonchev–Trinajstić information content (AvgIpc) is 2.73. The van der Waals surface area contributed by atoms with Crippen LogP contribution in [0.15, 0.2) is 12.3 Å². The van der Waals surface area contributed by atoms with E-state index in [0.29, 0.717) is 13.1 Å². The molecule has 0 aromatic carbocycles. The molecule has 1 aliphatic carbocycles. The van der Waals surface area contributed by atoms with Crippen LogP contribution in [0, 0.1) is 13.8 Å². The molecule has 2 aromatic heterocycles. The molecule has 0 atom stereocenters. The first-order chi connectivity index (χ1) is 10.6. The molecular formula is C17H26N4O. The van der Waals surface area contributed by atoms with Crippen LogP contribution in [0.4, 0.5) is 0 Å². The first-order valence-electron chi connectivity index (χ1n) is 8.31. The van der Waals surface area contributed by atoms with Gasteiger partial charge in [0.2, 0.25) is 5.78 Å². The molecule has 5 nitrogen and oxygen atoms in total. The van der Waals surface area contributed by atoms with E-state index in [4.69, 9.17) is 0 Å². The van der Waals surface area contributed by atoms with Gasteiger partial charge >= 0.3 is 0 Å². The Bertz CT molecular complexity index is 641. The van der Waals surface area contributed by atoms with Crippen LogP contribution in [0.2, 0.25) is 0 Å². The molecule has 1 aliphatic rings. The minimum absolute atomic E-state index is 0.541. The molecule has 0 saturated heterocycles. The van der Waals surface area contributed by atoms with Gasteiger partial charge in [-0.2, -0.15) is 0 Å². The van der Waals surface area contributed by atoms with E-state index in [1.807, 2.05) is 13.1 Å². The van der Waals surface area contributed by atoms with E-state index in [2.05, 4.69) is 32.7 Å². The van der Waals surface area contributed by atoms with Crippen LogP contribution >= 0.6 is 0 Å². The Kier molecular flexibility index (Phi) is 4.45. The highest BCUT2D eigenvalue weighted by molar-refractivity contribution is 5.35. The van der Waals surface area contributed by atoms with Gasteiger partial charge in [0.05, 0.1) is 17.5 Å². The van der Waals surface area contributed by atoms with E-state index in [-0.39, 0.29) is 0 Å². The fraction of sp³-hybridized carbons (Fsp3) is 0.647. The zero-order chi connectivity index (χ0) is 15.6. The average molecular weight is 302 g/mol. The summed E-state index contributed by atoms with van der Waals surface area (Å²) in [5, 5.41) is 14.1. The van der Waals surface area contributed by atoms with Crippen molar-refractivity contribution in [2.75, 3.05) is 6.54 Å². The molecule has 5 heteroatoms. The molecule has 1 saturated carbocycles. The van der Waals surface area contributed by atoms with E-state index < -0.39 is 5.60 Å².